The zero-order valence-electron chi connectivity index (χ0n) is 23.1. The van der Waals surface area contributed by atoms with Gasteiger partial charge in [-0.25, -0.2) is 13.6 Å². The molecule has 0 saturated heterocycles. The summed E-state index contributed by atoms with van der Waals surface area (Å²) in [6, 6.07) is 11.0. The van der Waals surface area contributed by atoms with Crippen LogP contribution in [0.3, 0.4) is 0 Å². The van der Waals surface area contributed by atoms with Gasteiger partial charge in [-0.3, -0.25) is 0 Å². The van der Waals surface area contributed by atoms with Gasteiger partial charge in [0.15, 0.2) is 23.1 Å². The number of rotatable bonds is 12. The predicted octanol–water partition coefficient (Wildman–Crippen LogP) is 8.93. The Morgan fingerprint density at radius 3 is 2.22 bits per heavy atom. The molecular formula is C33H34F4O4. The molecule has 1 fully saturated rings. The van der Waals surface area contributed by atoms with Gasteiger partial charge >= 0.3 is 5.97 Å². The van der Waals surface area contributed by atoms with Crippen molar-refractivity contribution in [3.05, 3.63) is 95.6 Å². The van der Waals surface area contributed by atoms with E-state index in [1.54, 1.807) is 18.2 Å². The highest BCUT2D eigenvalue weighted by Crippen LogP contribution is 2.38. The molecule has 0 heterocycles. The standard InChI is InChI=1S/C33H34F4O4/c1-3-5-19-39-24-13-11-22(12-14-24)26-16-15-25(29(34)30(26)35)21-7-9-23(10-8-21)33(38)41-28-18-17-27(31(36)32(28)37)40-20-6-4-2/h4,7-10,15-18,22,24H,2-3,5-6,11-14,19-20H2,1H3. The van der Waals surface area contributed by atoms with Crippen LogP contribution in [0.2, 0.25) is 0 Å². The Hall–Kier alpha value is -3.65. The SMILES string of the molecule is C=CCCOc1ccc(OC(=O)c2ccc(-c3ccc(C4CCC(OCCCC)CC4)c(F)c3F)cc2)c(F)c1F. The van der Waals surface area contributed by atoms with Crippen molar-refractivity contribution in [2.24, 2.45) is 0 Å². The zero-order valence-corrected chi connectivity index (χ0v) is 23.1. The Morgan fingerprint density at radius 1 is 0.854 bits per heavy atom. The van der Waals surface area contributed by atoms with Gasteiger partial charge in [0, 0.05) is 12.2 Å². The minimum absolute atomic E-state index is 0.0234. The monoisotopic (exact) mass is 570 g/mol. The number of carbonyl (C=O) groups is 1. The van der Waals surface area contributed by atoms with Crippen LogP contribution in [0.25, 0.3) is 11.1 Å². The van der Waals surface area contributed by atoms with Crippen molar-refractivity contribution in [2.45, 2.75) is 63.9 Å². The maximum atomic E-state index is 15.2. The average Bonchev–Trinajstić information content (AvgIpc) is 2.99. The maximum absolute atomic E-state index is 15.2. The summed E-state index contributed by atoms with van der Waals surface area (Å²) in [6.07, 6.45) is 7.39. The third-order valence-electron chi connectivity index (χ3n) is 7.30. The summed E-state index contributed by atoms with van der Waals surface area (Å²) in [5.74, 6) is -6.37. The van der Waals surface area contributed by atoms with E-state index in [0.717, 1.165) is 51.2 Å². The second kappa shape index (κ2) is 14.3. The molecule has 0 atom stereocenters. The first-order chi connectivity index (χ1) is 19.8. The van der Waals surface area contributed by atoms with Crippen molar-refractivity contribution < 1.29 is 36.6 Å². The number of benzene rings is 3. The largest absolute Gasteiger partial charge is 0.490 e. The second-order valence-electron chi connectivity index (χ2n) is 10.1. The Balaban J connectivity index is 1.41. The van der Waals surface area contributed by atoms with Gasteiger partial charge in [0.1, 0.15) is 0 Å². The molecule has 0 unspecified atom stereocenters. The van der Waals surface area contributed by atoms with Crippen LogP contribution in [-0.4, -0.2) is 25.3 Å². The minimum atomic E-state index is -1.36. The molecule has 1 aliphatic carbocycles. The molecule has 4 nitrogen and oxygen atoms in total. The van der Waals surface area contributed by atoms with Crippen molar-refractivity contribution >= 4 is 5.97 Å². The van der Waals surface area contributed by atoms with Crippen molar-refractivity contribution in [3.63, 3.8) is 0 Å². The molecule has 218 valence electrons. The van der Waals surface area contributed by atoms with Gasteiger partial charge in [-0.15, -0.1) is 6.58 Å². The normalized spacial score (nSPS) is 16.8. The van der Waals surface area contributed by atoms with Crippen LogP contribution >= 0.6 is 0 Å². The third-order valence-corrected chi connectivity index (χ3v) is 7.30. The molecule has 4 rings (SSSR count). The molecule has 0 radical (unpaired) electrons. The zero-order chi connectivity index (χ0) is 29.4. The quantitative estimate of drug-likeness (QED) is 0.0717. The Labute approximate surface area is 237 Å². The van der Waals surface area contributed by atoms with Crippen LogP contribution in [0, 0.1) is 23.3 Å². The van der Waals surface area contributed by atoms with E-state index in [0.29, 0.717) is 17.5 Å². The van der Waals surface area contributed by atoms with Crippen molar-refractivity contribution in [3.8, 4) is 22.6 Å². The minimum Gasteiger partial charge on any atom is -0.490 e. The first-order valence-corrected chi connectivity index (χ1v) is 14.0. The lowest BCUT2D eigenvalue weighted by molar-refractivity contribution is 0.0230. The topological polar surface area (TPSA) is 44.8 Å². The van der Waals surface area contributed by atoms with Gasteiger partial charge in [-0.2, -0.15) is 8.78 Å². The number of esters is 1. The summed E-state index contributed by atoms with van der Waals surface area (Å²) < 4.78 is 75.1. The van der Waals surface area contributed by atoms with E-state index in [9.17, 15) is 13.6 Å². The molecule has 1 saturated carbocycles. The van der Waals surface area contributed by atoms with Gasteiger partial charge in [-0.05, 0) is 79.8 Å². The van der Waals surface area contributed by atoms with Crippen molar-refractivity contribution in [1.82, 2.24) is 0 Å². The lowest BCUT2D eigenvalue weighted by Crippen LogP contribution is -2.22. The molecular weight excluding hydrogens is 536 g/mol. The van der Waals surface area contributed by atoms with E-state index >= 15 is 8.78 Å². The number of hydrogen-bond acceptors (Lipinski definition) is 4. The van der Waals surface area contributed by atoms with Crippen LogP contribution in [0.5, 0.6) is 11.5 Å². The number of carbonyl (C=O) groups excluding carboxylic acids is 1. The highest BCUT2D eigenvalue weighted by molar-refractivity contribution is 5.91. The molecule has 0 amide bonds. The second-order valence-corrected chi connectivity index (χ2v) is 10.1. The van der Waals surface area contributed by atoms with Crippen LogP contribution in [0.1, 0.15) is 73.7 Å². The lowest BCUT2D eigenvalue weighted by Gasteiger charge is -2.29. The van der Waals surface area contributed by atoms with Gasteiger partial charge < -0.3 is 14.2 Å². The summed E-state index contributed by atoms with van der Waals surface area (Å²) >= 11 is 0. The van der Waals surface area contributed by atoms with E-state index in [4.69, 9.17) is 14.2 Å². The maximum Gasteiger partial charge on any atom is 0.343 e. The Bertz CT molecular complexity index is 1350. The van der Waals surface area contributed by atoms with Crippen LogP contribution < -0.4 is 9.47 Å². The third kappa shape index (κ3) is 7.36. The molecule has 0 spiro atoms. The smallest absolute Gasteiger partial charge is 0.343 e. The fourth-order valence-corrected chi connectivity index (χ4v) is 4.94. The number of unbranched alkanes of at least 4 members (excludes halogenated alkanes) is 1. The lowest BCUT2D eigenvalue weighted by atomic mass is 9.82. The first kappa shape index (κ1) is 30.3. The number of hydrogen-bond donors (Lipinski definition) is 0. The van der Waals surface area contributed by atoms with Crippen molar-refractivity contribution in [2.75, 3.05) is 13.2 Å². The Kier molecular flexibility index (Phi) is 10.6. The summed E-state index contributed by atoms with van der Waals surface area (Å²) in [6.45, 7) is 6.49. The van der Waals surface area contributed by atoms with Gasteiger partial charge in [0.05, 0.1) is 18.3 Å². The predicted molar refractivity (Wildman–Crippen MR) is 149 cm³/mol. The summed E-state index contributed by atoms with van der Waals surface area (Å²) in [4.78, 5) is 12.6. The average molecular weight is 571 g/mol. The molecule has 1 aliphatic rings. The summed E-state index contributed by atoms with van der Waals surface area (Å²) in [5.41, 5.74) is 0.804. The highest BCUT2D eigenvalue weighted by atomic mass is 19.2. The van der Waals surface area contributed by atoms with E-state index in [-0.39, 0.29) is 35.5 Å². The van der Waals surface area contributed by atoms with Gasteiger partial charge in [0.2, 0.25) is 11.6 Å². The van der Waals surface area contributed by atoms with Gasteiger partial charge in [0.25, 0.3) is 0 Å². The van der Waals surface area contributed by atoms with E-state index in [1.807, 2.05) is 0 Å². The fraction of sp³-hybridized carbons (Fsp3) is 0.364. The van der Waals surface area contributed by atoms with Crippen LogP contribution in [-0.2, 0) is 4.74 Å². The molecule has 0 bridgehead atoms. The molecule has 41 heavy (non-hydrogen) atoms. The molecule has 3 aromatic rings. The Morgan fingerprint density at radius 2 is 1.54 bits per heavy atom. The summed E-state index contributed by atoms with van der Waals surface area (Å²) in [7, 11) is 0. The molecule has 0 N–H and O–H groups in total. The number of ether oxygens (including phenoxy) is 3. The first-order valence-electron chi connectivity index (χ1n) is 14.0. The van der Waals surface area contributed by atoms with Crippen LogP contribution in [0.4, 0.5) is 17.6 Å². The van der Waals surface area contributed by atoms with Gasteiger partial charge in [-0.1, -0.05) is 43.7 Å². The number of halogens is 4. The van der Waals surface area contributed by atoms with E-state index < -0.39 is 35.0 Å². The van der Waals surface area contributed by atoms with Crippen molar-refractivity contribution in [1.29, 1.82) is 0 Å². The molecule has 0 aliphatic heterocycles. The fourth-order valence-electron chi connectivity index (χ4n) is 4.94. The molecule has 3 aromatic carbocycles. The molecule has 8 heteroatoms. The molecule has 0 aromatic heterocycles. The van der Waals surface area contributed by atoms with Crippen LogP contribution in [0.15, 0.2) is 61.2 Å². The highest BCUT2D eigenvalue weighted by Gasteiger charge is 2.27. The van der Waals surface area contributed by atoms with E-state index in [2.05, 4.69) is 13.5 Å². The van der Waals surface area contributed by atoms with E-state index in [1.165, 1.54) is 30.3 Å². The summed E-state index contributed by atoms with van der Waals surface area (Å²) in [5, 5.41) is 0.